The number of rotatable bonds is 13. The average molecular weight is 460 g/mol. The molecule has 3 nitrogen and oxygen atoms in total. The third kappa shape index (κ3) is 7.66. The zero-order valence-electron chi connectivity index (χ0n) is 21.9. The second kappa shape index (κ2) is 13.6. The largest absolute Gasteiger partial charge is 0.236 e. The molecule has 0 N–H and O–H groups in total. The van der Waals surface area contributed by atoms with Crippen molar-refractivity contribution in [2.45, 2.75) is 117 Å². The molecule has 0 unspecified atom stereocenters. The minimum absolute atomic E-state index is 0.101. The average Bonchev–Trinajstić information content (AvgIpc) is 2.89. The van der Waals surface area contributed by atoms with E-state index in [9.17, 15) is 5.26 Å². The van der Waals surface area contributed by atoms with E-state index in [0.29, 0.717) is 11.8 Å². The van der Waals surface area contributed by atoms with Gasteiger partial charge in [0.05, 0.1) is 11.5 Å². The highest BCUT2D eigenvalue weighted by atomic mass is 14.9. The molecule has 1 aromatic heterocycles. The van der Waals surface area contributed by atoms with Gasteiger partial charge in [0.15, 0.2) is 5.82 Å². The molecule has 1 atom stereocenters. The highest BCUT2D eigenvalue weighted by Gasteiger charge is 2.36. The van der Waals surface area contributed by atoms with E-state index in [1.165, 1.54) is 56.1 Å². The van der Waals surface area contributed by atoms with Gasteiger partial charge in [0, 0.05) is 18.0 Å². The van der Waals surface area contributed by atoms with E-state index in [-0.39, 0.29) is 5.41 Å². The smallest absolute Gasteiger partial charge is 0.159 e. The highest BCUT2D eigenvalue weighted by Crippen LogP contribution is 2.46. The predicted octanol–water partition coefficient (Wildman–Crippen LogP) is 9.04. The molecule has 34 heavy (non-hydrogen) atoms. The molecule has 184 valence electrons. The molecule has 0 spiro atoms. The summed E-state index contributed by atoms with van der Waals surface area (Å²) in [6.07, 6.45) is 20.9. The standard InChI is InChI=1S/C31H45N3/c1-4-6-7-8-9-10-11-12-26-22-33-30(34-23-26)29-15-13-27(14-16-29)28-17-19-31(24-32,20-18-28)21-25(3)5-2/h13-16,22-23,25,28H,4-12,17-21H2,1-3H3/t25-,28?,31?/m1/s1. The van der Waals surface area contributed by atoms with Gasteiger partial charge < -0.3 is 0 Å². The molecule has 1 saturated carbocycles. The van der Waals surface area contributed by atoms with E-state index in [4.69, 9.17) is 0 Å². The minimum Gasteiger partial charge on any atom is -0.236 e. The van der Waals surface area contributed by atoms with Crippen LogP contribution >= 0.6 is 0 Å². The van der Waals surface area contributed by atoms with Crippen LogP contribution in [-0.2, 0) is 6.42 Å². The van der Waals surface area contributed by atoms with Gasteiger partial charge in [-0.05, 0) is 67.9 Å². The van der Waals surface area contributed by atoms with Gasteiger partial charge in [-0.15, -0.1) is 0 Å². The SMILES string of the molecule is CCCCCCCCCc1cnc(-c2ccc(C3CCC(C#N)(C[C@H](C)CC)CC3)cc2)nc1. The Hall–Kier alpha value is -2.21. The van der Waals surface area contributed by atoms with Gasteiger partial charge in [-0.1, -0.05) is 90.0 Å². The first-order valence-electron chi connectivity index (χ1n) is 13.9. The molecule has 3 rings (SSSR count). The number of benzene rings is 1. The maximum absolute atomic E-state index is 9.86. The van der Waals surface area contributed by atoms with Crippen molar-refractivity contribution in [3.8, 4) is 17.5 Å². The summed E-state index contributed by atoms with van der Waals surface area (Å²) in [7, 11) is 0. The van der Waals surface area contributed by atoms with Gasteiger partial charge >= 0.3 is 0 Å². The summed E-state index contributed by atoms with van der Waals surface area (Å²) in [5.41, 5.74) is 3.63. The minimum atomic E-state index is -0.101. The van der Waals surface area contributed by atoms with Crippen LogP contribution in [0.2, 0.25) is 0 Å². The van der Waals surface area contributed by atoms with Gasteiger partial charge in [-0.2, -0.15) is 5.26 Å². The molecule has 0 saturated heterocycles. The van der Waals surface area contributed by atoms with E-state index in [2.05, 4.69) is 61.1 Å². The topological polar surface area (TPSA) is 49.6 Å². The fourth-order valence-corrected chi connectivity index (χ4v) is 5.50. The van der Waals surface area contributed by atoms with Crippen molar-refractivity contribution in [1.29, 1.82) is 5.26 Å². The Balaban J connectivity index is 1.48. The lowest BCUT2D eigenvalue weighted by Gasteiger charge is -2.36. The van der Waals surface area contributed by atoms with E-state index in [1.54, 1.807) is 0 Å². The first-order chi connectivity index (χ1) is 16.6. The monoisotopic (exact) mass is 459 g/mol. The summed E-state index contributed by atoms with van der Waals surface area (Å²) in [6, 6.07) is 11.6. The van der Waals surface area contributed by atoms with Crippen LogP contribution in [0.25, 0.3) is 11.4 Å². The summed E-state index contributed by atoms with van der Waals surface area (Å²) in [6.45, 7) is 6.79. The number of hydrogen-bond donors (Lipinski definition) is 0. The van der Waals surface area contributed by atoms with Crippen LogP contribution in [0.5, 0.6) is 0 Å². The van der Waals surface area contributed by atoms with Gasteiger partial charge in [0.1, 0.15) is 0 Å². The van der Waals surface area contributed by atoms with Crippen LogP contribution in [0.15, 0.2) is 36.7 Å². The van der Waals surface area contributed by atoms with Crippen molar-refractivity contribution in [3.05, 3.63) is 47.8 Å². The Morgan fingerprint density at radius 2 is 1.56 bits per heavy atom. The third-order valence-corrected chi connectivity index (χ3v) is 8.03. The second-order valence-electron chi connectivity index (χ2n) is 10.8. The fraction of sp³-hybridized carbons (Fsp3) is 0.645. The first kappa shape index (κ1) is 26.4. The van der Waals surface area contributed by atoms with Crippen molar-refractivity contribution in [1.82, 2.24) is 9.97 Å². The molecule has 1 aliphatic rings. The first-order valence-corrected chi connectivity index (χ1v) is 13.9. The Labute approximate surface area is 208 Å². The van der Waals surface area contributed by atoms with Crippen LogP contribution in [0.1, 0.15) is 121 Å². The van der Waals surface area contributed by atoms with Crippen molar-refractivity contribution in [2.75, 3.05) is 0 Å². The Morgan fingerprint density at radius 1 is 0.941 bits per heavy atom. The van der Waals surface area contributed by atoms with Crippen molar-refractivity contribution in [3.63, 3.8) is 0 Å². The number of hydrogen-bond acceptors (Lipinski definition) is 3. The zero-order valence-corrected chi connectivity index (χ0v) is 21.9. The molecule has 1 aliphatic carbocycles. The van der Waals surface area contributed by atoms with Gasteiger partial charge in [-0.3, -0.25) is 0 Å². The summed E-state index contributed by atoms with van der Waals surface area (Å²) in [5, 5.41) is 9.86. The molecule has 0 amide bonds. The van der Waals surface area contributed by atoms with Crippen LogP contribution in [0.3, 0.4) is 0 Å². The lowest BCUT2D eigenvalue weighted by atomic mass is 9.66. The Kier molecular flexibility index (Phi) is 10.6. The normalized spacial score (nSPS) is 21.2. The van der Waals surface area contributed by atoms with Crippen molar-refractivity contribution in [2.24, 2.45) is 11.3 Å². The summed E-state index contributed by atoms with van der Waals surface area (Å²) in [4.78, 5) is 9.30. The van der Waals surface area contributed by atoms with Crippen molar-refractivity contribution >= 4 is 0 Å². The zero-order chi connectivity index (χ0) is 24.2. The quantitative estimate of drug-likeness (QED) is 0.281. The van der Waals surface area contributed by atoms with E-state index >= 15 is 0 Å². The molecule has 0 bridgehead atoms. The number of aryl methyl sites for hydroxylation is 1. The van der Waals surface area contributed by atoms with Gasteiger partial charge in [-0.25, -0.2) is 9.97 Å². The number of unbranched alkanes of at least 4 members (excludes halogenated alkanes) is 6. The molecule has 0 aliphatic heterocycles. The molecule has 1 fully saturated rings. The molecule has 1 heterocycles. The molecular weight excluding hydrogens is 414 g/mol. The Bertz CT molecular complexity index is 870. The summed E-state index contributed by atoms with van der Waals surface area (Å²) < 4.78 is 0. The van der Waals surface area contributed by atoms with Gasteiger partial charge in [0.25, 0.3) is 0 Å². The van der Waals surface area contributed by atoms with Crippen LogP contribution in [0, 0.1) is 22.7 Å². The number of nitrogens with zero attached hydrogens (tertiary/aromatic N) is 3. The van der Waals surface area contributed by atoms with E-state index in [1.807, 2.05) is 12.4 Å². The number of aromatic nitrogens is 2. The Morgan fingerprint density at radius 3 is 2.15 bits per heavy atom. The fourth-order valence-electron chi connectivity index (χ4n) is 5.50. The maximum atomic E-state index is 9.86. The molecule has 0 radical (unpaired) electrons. The van der Waals surface area contributed by atoms with E-state index in [0.717, 1.165) is 56.3 Å². The third-order valence-electron chi connectivity index (χ3n) is 8.03. The lowest BCUT2D eigenvalue weighted by molar-refractivity contribution is 0.198. The molecule has 3 heteroatoms. The van der Waals surface area contributed by atoms with Crippen molar-refractivity contribution < 1.29 is 0 Å². The van der Waals surface area contributed by atoms with Gasteiger partial charge in [0.2, 0.25) is 0 Å². The summed E-state index contributed by atoms with van der Waals surface area (Å²) in [5.74, 6) is 2.02. The lowest BCUT2D eigenvalue weighted by Crippen LogP contribution is -2.27. The van der Waals surface area contributed by atoms with Crippen LogP contribution < -0.4 is 0 Å². The highest BCUT2D eigenvalue weighted by molar-refractivity contribution is 5.55. The van der Waals surface area contributed by atoms with E-state index < -0.39 is 0 Å². The summed E-state index contributed by atoms with van der Waals surface area (Å²) >= 11 is 0. The maximum Gasteiger partial charge on any atom is 0.159 e. The number of nitriles is 1. The van der Waals surface area contributed by atoms with Crippen LogP contribution in [0.4, 0.5) is 0 Å². The second-order valence-corrected chi connectivity index (χ2v) is 10.8. The molecular formula is C31H45N3. The predicted molar refractivity (Wildman–Crippen MR) is 142 cm³/mol. The van der Waals surface area contributed by atoms with Crippen LogP contribution in [-0.4, -0.2) is 9.97 Å². The molecule has 2 aromatic rings. The molecule has 1 aromatic carbocycles.